The number of nitrogens with two attached hydrogens (primary N) is 1. The van der Waals surface area contributed by atoms with E-state index in [0.717, 1.165) is 18.4 Å². The Labute approximate surface area is 122 Å². The summed E-state index contributed by atoms with van der Waals surface area (Å²) in [5.41, 5.74) is 1.05. The van der Waals surface area contributed by atoms with Crippen LogP contribution in [0.4, 0.5) is 0 Å². The van der Waals surface area contributed by atoms with Crippen molar-refractivity contribution in [3.8, 4) is 5.75 Å². The summed E-state index contributed by atoms with van der Waals surface area (Å²) in [5, 5.41) is 5.22. The Hall–Kier alpha value is -0.340. The maximum Gasteiger partial charge on any atom is 0.241 e. The highest BCUT2D eigenvalue weighted by atomic mass is 127. The van der Waals surface area contributed by atoms with Gasteiger partial charge in [-0.2, -0.15) is 0 Å². The van der Waals surface area contributed by atoms with Crippen LogP contribution in [0.5, 0.6) is 5.75 Å². The summed E-state index contributed by atoms with van der Waals surface area (Å²) < 4.78 is 28.1. The molecule has 1 saturated carbocycles. The van der Waals surface area contributed by atoms with Crippen molar-refractivity contribution in [1.82, 2.24) is 0 Å². The monoisotopic (exact) mass is 381 g/mol. The Bertz CT molecular complexity index is 524. The van der Waals surface area contributed by atoms with Crippen LogP contribution in [0.15, 0.2) is 23.1 Å². The number of benzene rings is 1. The Balaban J connectivity index is 2.39. The lowest BCUT2D eigenvalue weighted by Gasteiger charge is -2.22. The zero-order chi connectivity index (χ0) is 13.2. The minimum Gasteiger partial charge on any atom is -0.426 e. The molecular formula is C12H16INO3S. The van der Waals surface area contributed by atoms with Crippen LogP contribution in [0.1, 0.15) is 43.6 Å². The van der Waals surface area contributed by atoms with Gasteiger partial charge >= 0.3 is 0 Å². The van der Waals surface area contributed by atoms with Crippen molar-refractivity contribution in [2.45, 2.75) is 42.9 Å². The second-order valence-corrected chi connectivity index (χ2v) is 6.63. The van der Waals surface area contributed by atoms with Gasteiger partial charge in [-0.15, -0.1) is 0 Å². The molecule has 0 amide bonds. The fraction of sp³-hybridized carbons (Fsp3) is 0.500. The second-order valence-electron chi connectivity index (χ2n) is 4.66. The maximum atomic E-state index is 11.5. The van der Waals surface area contributed by atoms with Gasteiger partial charge in [0.15, 0.2) is 28.8 Å². The summed E-state index contributed by atoms with van der Waals surface area (Å²) in [4.78, 5) is 0.0833. The second kappa shape index (κ2) is 5.75. The van der Waals surface area contributed by atoms with Crippen molar-refractivity contribution in [1.29, 1.82) is 0 Å². The predicted octanol–water partition coefficient (Wildman–Crippen LogP) is 3.11. The number of hydrogen-bond donors (Lipinski definition) is 1. The first-order chi connectivity index (χ1) is 8.52. The topological polar surface area (TPSA) is 69.4 Å². The van der Waals surface area contributed by atoms with E-state index in [0.29, 0.717) is 11.7 Å². The van der Waals surface area contributed by atoms with E-state index >= 15 is 0 Å². The van der Waals surface area contributed by atoms with Crippen LogP contribution in [-0.2, 0) is 10.0 Å². The molecule has 0 spiro atoms. The third kappa shape index (κ3) is 3.16. The van der Waals surface area contributed by atoms with Crippen molar-refractivity contribution in [2.24, 2.45) is 5.14 Å². The van der Waals surface area contributed by atoms with Crippen molar-refractivity contribution >= 4 is 33.0 Å². The van der Waals surface area contributed by atoms with E-state index in [4.69, 9.17) is 8.21 Å². The van der Waals surface area contributed by atoms with Crippen LogP contribution in [-0.4, -0.2) is 8.42 Å². The van der Waals surface area contributed by atoms with E-state index in [9.17, 15) is 8.42 Å². The van der Waals surface area contributed by atoms with Crippen LogP contribution in [0, 0.1) is 0 Å². The van der Waals surface area contributed by atoms with E-state index in [1.54, 1.807) is 35.1 Å². The Morgan fingerprint density at radius 3 is 2.44 bits per heavy atom. The van der Waals surface area contributed by atoms with Crippen LogP contribution in [0.2, 0.25) is 0 Å². The van der Waals surface area contributed by atoms with E-state index < -0.39 is 10.0 Å². The highest BCUT2D eigenvalue weighted by molar-refractivity contribution is 14.1. The molecule has 0 saturated heterocycles. The molecule has 4 nitrogen and oxygen atoms in total. The molecule has 2 N–H and O–H groups in total. The van der Waals surface area contributed by atoms with Gasteiger partial charge in [0.05, 0.1) is 0 Å². The third-order valence-electron chi connectivity index (χ3n) is 3.43. The smallest absolute Gasteiger partial charge is 0.241 e. The Morgan fingerprint density at radius 1 is 1.22 bits per heavy atom. The van der Waals surface area contributed by atoms with Gasteiger partial charge < -0.3 is 3.07 Å². The molecule has 0 aromatic heterocycles. The van der Waals surface area contributed by atoms with Gasteiger partial charge in [-0.25, -0.2) is 13.6 Å². The minimum absolute atomic E-state index is 0.0833. The molecule has 100 valence electrons. The molecule has 1 aliphatic rings. The molecule has 2 rings (SSSR count). The molecule has 6 heteroatoms. The lowest BCUT2D eigenvalue weighted by molar-refractivity contribution is 0.443. The van der Waals surface area contributed by atoms with Crippen LogP contribution in [0.25, 0.3) is 0 Å². The van der Waals surface area contributed by atoms with Crippen LogP contribution in [0.3, 0.4) is 0 Å². The highest BCUT2D eigenvalue weighted by Crippen LogP contribution is 2.35. The Morgan fingerprint density at radius 2 is 1.89 bits per heavy atom. The normalized spacial score (nSPS) is 17.7. The fourth-order valence-corrected chi connectivity index (χ4v) is 3.72. The zero-order valence-corrected chi connectivity index (χ0v) is 12.9. The average molecular weight is 381 g/mol. The first kappa shape index (κ1) is 14.1. The van der Waals surface area contributed by atoms with Crippen molar-refractivity contribution in [2.75, 3.05) is 0 Å². The van der Waals surface area contributed by atoms with Gasteiger partial charge in [0.1, 0.15) is 4.90 Å². The quantitative estimate of drug-likeness (QED) is 0.818. The van der Waals surface area contributed by atoms with Gasteiger partial charge in [0, 0.05) is 0 Å². The summed E-state index contributed by atoms with van der Waals surface area (Å²) in [6.07, 6.45) is 5.93. The van der Waals surface area contributed by atoms with Gasteiger partial charge in [-0.3, -0.25) is 0 Å². The molecule has 1 fully saturated rings. The van der Waals surface area contributed by atoms with Gasteiger partial charge in [-0.05, 0) is 36.5 Å². The molecular weight excluding hydrogens is 365 g/mol. The number of halogens is 1. The van der Waals surface area contributed by atoms with E-state index in [1.165, 1.54) is 19.3 Å². The van der Waals surface area contributed by atoms with E-state index in [2.05, 4.69) is 0 Å². The number of sulfonamides is 1. The summed E-state index contributed by atoms with van der Waals surface area (Å²) in [6.45, 7) is 0. The van der Waals surface area contributed by atoms with Crippen LogP contribution >= 0.6 is 23.0 Å². The summed E-state index contributed by atoms with van der Waals surface area (Å²) in [6, 6.07) is 5.30. The van der Waals surface area contributed by atoms with E-state index in [1.807, 2.05) is 6.07 Å². The first-order valence-electron chi connectivity index (χ1n) is 5.97. The SMILES string of the molecule is NS(=O)(=O)c1cc(C2CCCCC2)ccc1OI. The van der Waals surface area contributed by atoms with E-state index in [-0.39, 0.29) is 4.90 Å². The molecule has 1 aromatic rings. The zero-order valence-electron chi connectivity index (χ0n) is 9.93. The largest absolute Gasteiger partial charge is 0.426 e. The number of primary sulfonamides is 1. The lowest BCUT2D eigenvalue weighted by Crippen LogP contribution is -2.14. The first-order valence-corrected chi connectivity index (χ1v) is 8.40. The lowest BCUT2D eigenvalue weighted by atomic mass is 9.84. The number of rotatable bonds is 3. The molecule has 0 unspecified atom stereocenters. The molecule has 0 atom stereocenters. The molecule has 0 radical (unpaired) electrons. The minimum atomic E-state index is -3.74. The standard InChI is InChI=1S/C12H16INO3S/c13-17-11-7-6-10(8-12(11)18(14,15)16)9-4-2-1-3-5-9/h6-9H,1-5H2,(H2,14,15,16). The molecule has 0 heterocycles. The van der Waals surface area contributed by atoms with Crippen molar-refractivity contribution < 1.29 is 11.5 Å². The average Bonchev–Trinajstić information content (AvgIpc) is 2.38. The molecule has 0 bridgehead atoms. The molecule has 1 aliphatic carbocycles. The molecule has 0 aliphatic heterocycles. The molecule has 1 aromatic carbocycles. The fourth-order valence-electron chi connectivity index (χ4n) is 2.50. The van der Waals surface area contributed by atoms with Crippen LogP contribution < -0.4 is 8.21 Å². The third-order valence-corrected chi connectivity index (χ3v) is 4.84. The Kier molecular flexibility index (Phi) is 4.50. The van der Waals surface area contributed by atoms with Crippen molar-refractivity contribution in [3.63, 3.8) is 0 Å². The summed E-state index contributed by atoms with van der Waals surface area (Å²) in [5.74, 6) is 0.750. The predicted molar refractivity (Wildman–Crippen MR) is 78.3 cm³/mol. The van der Waals surface area contributed by atoms with Gasteiger partial charge in [0.2, 0.25) is 10.0 Å². The van der Waals surface area contributed by atoms with Gasteiger partial charge in [-0.1, -0.05) is 25.3 Å². The number of hydrogen-bond acceptors (Lipinski definition) is 3. The summed E-state index contributed by atoms with van der Waals surface area (Å²) in [7, 11) is -3.74. The molecule has 18 heavy (non-hydrogen) atoms. The maximum absolute atomic E-state index is 11.5. The summed E-state index contributed by atoms with van der Waals surface area (Å²) >= 11 is 1.67. The van der Waals surface area contributed by atoms with Crippen molar-refractivity contribution in [3.05, 3.63) is 23.8 Å². The highest BCUT2D eigenvalue weighted by Gasteiger charge is 2.21. The van der Waals surface area contributed by atoms with Gasteiger partial charge in [0.25, 0.3) is 0 Å².